The molecular formula is C15H17N5O5S2. The van der Waals surface area contributed by atoms with Crippen molar-refractivity contribution in [2.75, 3.05) is 36.8 Å². The molecule has 0 saturated carbocycles. The van der Waals surface area contributed by atoms with Crippen LogP contribution in [0.2, 0.25) is 0 Å². The Kier molecular flexibility index (Phi) is 6.58. The minimum absolute atomic E-state index is 0.0615. The van der Waals surface area contributed by atoms with E-state index in [0.29, 0.717) is 5.56 Å². The van der Waals surface area contributed by atoms with Gasteiger partial charge in [-0.15, -0.1) is 11.3 Å². The number of rotatable bonds is 6. The monoisotopic (exact) mass is 411 g/mol. The molecule has 0 fully saturated rings. The van der Waals surface area contributed by atoms with E-state index in [0.717, 1.165) is 23.1 Å². The zero-order valence-electron chi connectivity index (χ0n) is 14.7. The third-order valence-electron chi connectivity index (χ3n) is 3.24. The number of methoxy groups -OCH3 is 2. The van der Waals surface area contributed by atoms with Crippen molar-refractivity contribution in [2.24, 2.45) is 0 Å². The van der Waals surface area contributed by atoms with Crippen LogP contribution in [0, 0.1) is 6.92 Å². The lowest BCUT2D eigenvalue weighted by atomic mass is 10.1. The molecule has 144 valence electrons. The molecular weight excluding hydrogens is 394 g/mol. The molecule has 5 N–H and O–H groups in total. The number of nitrogens with one attached hydrogen (secondary N) is 1. The number of nitrogens with two attached hydrogens (primary N) is 2. The van der Waals surface area contributed by atoms with Crippen molar-refractivity contribution in [3.63, 3.8) is 0 Å². The number of nitrogen functional groups attached to an aromatic ring is 2. The molecule has 1 amide bonds. The summed E-state index contributed by atoms with van der Waals surface area (Å²) in [6.45, 7) is 1.57. The summed E-state index contributed by atoms with van der Waals surface area (Å²) in [5.74, 6) is -1.40. The Balaban J connectivity index is 2.18. The first kappa shape index (κ1) is 20.5. The van der Waals surface area contributed by atoms with Gasteiger partial charge in [-0.1, -0.05) is 11.8 Å². The van der Waals surface area contributed by atoms with E-state index in [2.05, 4.69) is 15.3 Å². The Morgan fingerprint density at radius 2 is 1.74 bits per heavy atom. The number of amides is 1. The standard InChI is InChI=1S/C15H17N5O5S2/c1-6-10(13(22)24-2)12(27-11(6)14(23)25-3)20-9(21)5-26-15-18-7(16)4-8(17)19-15/h4H,5H2,1-3H3,(H,20,21)(H4,16,17,18,19). The molecule has 0 aliphatic rings. The van der Waals surface area contributed by atoms with Gasteiger partial charge < -0.3 is 26.3 Å². The van der Waals surface area contributed by atoms with Crippen LogP contribution in [-0.2, 0) is 14.3 Å². The van der Waals surface area contributed by atoms with E-state index in [1.54, 1.807) is 6.92 Å². The first-order valence-corrected chi connectivity index (χ1v) is 9.19. The molecule has 2 rings (SSSR count). The number of hydrogen-bond acceptors (Lipinski definition) is 11. The maximum absolute atomic E-state index is 12.3. The van der Waals surface area contributed by atoms with Crippen molar-refractivity contribution >= 4 is 57.6 Å². The normalized spacial score (nSPS) is 10.3. The lowest BCUT2D eigenvalue weighted by molar-refractivity contribution is -0.113. The van der Waals surface area contributed by atoms with E-state index in [-0.39, 0.29) is 38.0 Å². The fraction of sp³-hybridized carbons (Fsp3) is 0.267. The van der Waals surface area contributed by atoms with E-state index in [1.807, 2.05) is 0 Å². The molecule has 12 heteroatoms. The molecule has 0 aliphatic heterocycles. The van der Waals surface area contributed by atoms with Crippen molar-refractivity contribution in [2.45, 2.75) is 12.1 Å². The molecule has 0 aliphatic carbocycles. The second-order valence-electron chi connectivity index (χ2n) is 5.08. The Hall–Kier alpha value is -2.86. The SMILES string of the molecule is COC(=O)c1sc(NC(=O)CSc2nc(N)cc(N)n2)c(C(=O)OC)c1C. The van der Waals surface area contributed by atoms with Gasteiger partial charge in [0.1, 0.15) is 21.5 Å². The van der Waals surface area contributed by atoms with Gasteiger partial charge in [0.15, 0.2) is 5.16 Å². The van der Waals surface area contributed by atoms with E-state index in [1.165, 1.54) is 20.3 Å². The fourth-order valence-corrected chi connectivity index (χ4v) is 3.86. The van der Waals surface area contributed by atoms with Gasteiger partial charge in [0.05, 0.1) is 25.5 Å². The quantitative estimate of drug-likeness (QED) is 0.359. The lowest BCUT2D eigenvalue weighted by Crippen LogP contribution is -2.16. The van der Waals surface area contributed by atoms with Gasteiger partial charge in [-0.3, -0.25) is 4.79 Å². The molecule has 0 aromatic carbocycles. The molecule has 0 bridgehead atoms. The van der Waals surface area contributed by atoms with Crippen molar-refractivity contribution in [3.8, 4) is 0 Å². The molecule has 0 radical (unpaired) electrons. The number of carbonyl (C=O) groups excluding carboxylic acids is 3. The predicted molar refractivity (Wildman–Crippen MR) is 102 cm³/mol. The number of ether oxygens (including phenoxy) is 2. The number of thiophene rings is 1. The van der Waals surface area contributed by atoms with E-state index < -0.39 is 17.8 Å². The summed E-state index contributed by atoms with van der Waals surface area (Å²) in [4.78, 5) is 44.3. The maximum Gasteiger partial charge on any atom is 0.348 e. The van der Waals surface area contributed by atoms with Gasteiger partial charge in [0, 0.05) is 6.07 Å². The van der Waals surface area contributed by atoms with Gasteiger partial charge in [-0.25, -0.2) is 19.6 Å². The zero-order valence-corrected chi connectivity index (χ0v) is 16.3. The largest absolute Gasteiger partial charge is 0.465 e. The van der Waals surface area contributed by atoms with E-state index in [4.69, 9.17) is 20.9 Å². The Morgan fingerprint density at radius 3 is 2.30 bits per heavy atom. The first-order valence-electron chi connectivity index (χ1n) is 7.39. The summed E-state index contributed by atoms with van der Waals surface area (Å²) in [5, 5.41) is 3.03. The highest BCUT2D eigenvalue weighted by Gasteiger charge is 2.26. The minimum atomic E-state index is -0.672. The van der Waals surface area contributed by atoms with Gasteiger partial charge in [0.25, 0.3) is 0 Å². The third kappa shape index (κ3) is 4.86. The highest BCUT2D eigenvalue weighted by atomic mass is 32.2. The van der Waals surface area contributed by atoms with Crippen LogP contribution in [0.3, 0.4) is 0 Å². The molecule has 0 spiro atoms. The zero-order chi connectivity index (χ0) is 20.1. The van der Waals surface area contributed by atoms with Crippen LogP contribution in [0.25, 0.3) is 0 Å². The number of nitrogens with zero attached hydrogens (tertiary/aromatic N) is 2. The van der Waals surface area contributed by atoms with Crippen molar-refractivity contribution < 1.29 is 23.9 Å². The van der Waals surface area contributed by atoms with Crippen molar-refractivity contribution in [3.05, 3.63) is 22.1 Å². The van der Waals surface area contributed by atoms with Gasteiger partial charge in [-0.05, 0) is 12.5 Å². The number of hydrogen-bond donors (Lipinski definition) is 3. The van der Waals surface area contributed by atoms with Gasteiger partial charge in [-0.2, -0.15) is 0 Å². The number of thioether (sulfide) groups is 1. The maximum atomic E-state index is 12.3. The Labute approximate surface area is 162 Å². The number of esters is 2. The summed E-state index contributed by atoms with van der Waals surface area (Å²) in [6.07, 6.45) is 0. The molecule has 2 aromatic rings. The third-order valence-corrected chi connectivity index (χ3v) is 5.27. The average Bonchev–Trinajstić information content (AvgIpc) is 2.94. The fourth-order valence-electron chi connectivity index (χ4n) is 2.06. The highest BCUT2D eigenvalue weighted by Crippen LogP contribution is 2.34. The van der Waals surface area contributed by atoms with Crippen LogP contribution >= 0.6 is 23.1 Å². The number of aromatic nitrogens is 2. The molecule has 0 unspecified atom stereocenters. The van der Waals surface area contributed by atoms with Crippen molar-refractivity contribution in [1.82, 2.24) is 9.97 Å². The summed E-state index contributed by atoms with van der Waals surface area (Å²) >= 11 is 1.95. The first-order chi connectivity index (χ1) is 12.8. The van der Waals surface area contributed by atoms with Crippen LogP contribution in [0.4, 0.5) is 16.6 Å². The Bertz CT molecular complexity index is 879. The van der Waals surface area contributed by atoms with Gasteiger partial charge >= 0.3 is 11.9 Å². The topological polar surface area (TPSA) is 160 Å². The highest BCUT2D eigenvalue weighted by molar-refractivity contribution is 7.99. The summed E-state index contributed by atoms with van der Waals surface area (Å²) in [5.41, 5.74) is 11.6. The molecule has 27 heavy (non-hydrogen) atoms. The molecule has 2 heterocycles. The van der Waals surface area contributed by atoms with Crippen LogP contribution in [0.5, 0.6) is 0 Å². The van der Waals surface area contributed by atoms with Crippen molar-refractivity contribution in [1.29, 1.82) is 0 Å². The smallest absolute Gasteiger partial charge is 0.348 e. The average molecular weight is 411 g/mol. The van der Waals surface area contributed by atoms with E-state index >= 15 is 0 Å². The van der Waals surface area contributed by atoms with Crippen LogP contribution in [0.1, 0.15) is 25.6 Å². The summed E-state index contributed by atoms with van der Waals surface area (Å²) < 4.78 is 9.43. The molecule has 10 nitrogen and oxygen atoms in total. The van der Waals surface area contributed by atoms with Crippen LogP contribution in [-0.4, -0.2) is 47.8 Å². The summed E-state index contributed by atoms with van der Waals surface area (Å²) in [6, 6.07) is 1.40. The van der Waals surface area contributed by atoms with E-state index in [9.17, 15) is 14.4 Å². The second-order valence-corrected chi connectivity index (χ2v) is 7.04. The number of carbonyl (C=O) groups is 3. The van der Waals surface area contributed by atoms with Crippen LogP contribution < -0.4 is 16.8 Å². The predicted octanol–water partition coefficient (Wildman–Crippen LogP) is 1.31. The van der Waals surface area contributed by atoms with Gasteiger partial charge in [0.2, 0.25) is 5.91 Å². The molecule has 0 saturated heterocycles. The second kappa shape index (κ2) is 8.68. The summed E-state index contributed by atoms with van der Waals surface area (Å²) in [7, 11) is 2.44. The molecule has 0 atom stereocenters. The Morgan fingerprint density at radius 1 is 1.15 bits per heavy atom. The van der Waals surface area contributed by atoms with Crippen LogP contribution in [0.15, 0.2) is 11.2 Å². The lowest BCUT2D eigenvalue weighted by Gasteiger charge is -2.06. The minimum Gasteiger partial charge on any atom is -0.465 e. The molecule has 2 aromatic heterocycles. The number of anilines is 3.